The molecule has 1 aliphatic rings. The summed E-state index contributed by atoms with van der Waals surface area (Å²) in [6.45, 7) is 0. The SMILES string of the molecule is CN(C)C(=O)Cc1c(-c2cnc([C@@H]3CCc4cc(-c5cc(Cl)ccc5-n5cnnn5)cc(=O)n43)[nH]2)csc1C=O. The number of nitrogens with one attached hydrogen (secondary N) is 1. The summed E-state index contributed by atoms with van der Waals surface area (Å²) in [6.07, 6.45) is 5.44. The Hall–Kier alpha value is -4.42. The average Bonchev–Trinajstić information content (AvgIpc) is 3.74. The number of amides is 1. The highest BCUT2D eigenvalue weighted by molar-refractivity contribution is 7.12. The summed E-state index contributed by atoms with van der Waals surface area (Å²) in [4.78, 5) is 47.5. The molecule has 1 N–H and O–H groups in total. The Kier molecular flexibility index (Phi) is 6.64. The van der Waals surface area contributed by atoms with Crippen LogP contribution in [0.2, 0.25) is 5.02 Å². The highest BCUT2D eigenvalue weighted by atomic mass is 35.5. The number of benzene rings is 1. The number of carbonyl (C=O) groups excluding carboxylic acids is 2. The van der Waals surface area contributed by atoms with Crippen LogP contribution in [0.15, 0.2) is 53.0 Å². The smallest absolute Gasteiger partial charge is 0.252 e. The fraction of sp³-hybridized carbons (Fsp3) is 0.222. The minimum absolute atomic E-state index is 0.0995. The Morgan fingerprint density at radius 2 is 2.10 bits per heavy atom. The van der Waals surface area contributed by atoms with Crippen LogP contribution in [0.4, 0.5) is 0 Å². The van der Waals surface area contributed by atoms with Gasteiger partial charge in [-0.1, -0.05) is 11.6 Å². The predicted molar refractivity (Wildman–Crippen MR) is 150 cm³/mol. The molecule has 1 amide bonds. The second-order valence-corrected chi connectivity index (χ2v) is 11.0. The summed E-state index contributed by atoms with van der Waals surface area (Å²) in [7, 11) is 3.37. The molecule has 0 saturated carbocycles. The number of hydrogen-bond acceptors (Lipinski definition) is 8. The van der Waals surface area contributed by atoms with Crippen LogP contribution in [0.5, 0.6) is 0 Å². The van der Waals surface area contributed by atoms with Gasteiger partial charge in [0, 0.05) is 47.4 Å². The van der Waals surface area contributed by atoms with Gasteiger partial charge in [-0.2, -0.15) is 4.68 Å². The number of pyridine rings is 1. The van der Waals surface area contributed by atoms with Gasteiger partial charge in [-0.15, -0.1) is 16.4 Å². The monoisotopic (exact) mass is 574 g/mol. The molecule has 0 saturated heterocycles. The second kappa shape index (κ2) is 10.3. The molecule has 0 spiro atoms. The summed E-state index contributed by atoms with van der Waals surface area (Å²) in [5.74, 6) is 0.544. The van der Waals surface area contributed by atoms with Crippen LogP contribution in [0, 0.1) is 0 Å². The van der Waals surface area contributed by atoms with E-state index in [2.05, 4.69) is 25.5 Å². The zero-order chi connectivity index (χ0) is 28.0. The molecule has 13 heteroatoms. The van der Waals surface area contributed by atoms with Crippen LogP contribution in [-0.2, 0) is 17.6 Å². The Labute approximate surface area is 237 Å². The van der Waals surface area contributed by atoms with E-state index in [1.807, 2.05) is 17.5 Å². The van der Waals surface area contributed by atoms with Crippen molar-refractivity contribution in [3.63, 3.8) is 0 Å². The molecule has 1 aliphatic heterocycles. The van der Waals surface area contributed by atoms with Gasteiger partial charge in [0.2, 0.25) is 5.91 Å². The van der Waals surface area contributed by atoms with E-state index in [4.69, 9.17) is 11.6 Å². The number of likely N-dealkylation sites (N-methyl/N-ethyl adjacent to an activating group) is 1. The first-order valence-electron chi connectivity index (χ1n) is 12.4. The van der Waals surface area contributed by atoms with Crippen molar-refractivity contribution in [3.05, 3.63) is 85.6 Å². The van der Waals surface area contributed by atoms with Crippen molar-refractivity contribution in [2.75, 3.05) is 14.1 Å². The molecule has 4 aromatic heterocycles. The molecule has 0 aliphatic carbocycles. The van der Waals surface area contributed by atoms with Gasteiger partial charge >= 0.3 is 0 Å². The fourth-order valence-corrected chi connectivity index (χ4v) is 6.14. The van der Waals surface area contributed by atoms with Crippen molar-refractivity contribution in [2.45, 2.75) is 25.3 Å². The summed E-state index contributed by atoms with van der Waals surface area (Å²) in [6, 6.07) is 8.66. The van der Waals surface area contributed by atoms with Gasteiger partial charge in [-0.05, 0) is 58.7 Å². The number of rotatable bonds is 7. The molecule has 5 aromatic rings. The fourth-order valence-electron chi connectivity index (χ4n) is 5.08. The molecule has 0 unspecified atom stereocenters. The van der Waals surface area contributed by atoms with Crippen LogP contribution in [0.1, 0.15) is 39.2 Å². The van der Waals surface area contributed by atoms with Crippen molar-refractivity contribution >= 4 is 35.1 Å². The van der Waals surface area contributed by atoms with Gasteiger partial charge in [0.25, 0.3) is 5.56 Å². The molecule has 0 radical (unpaired) electrons. The van der Waals surface area contributed by atoms with Gasteiger partial charge in [0.05, 0.1) is 34.9 Å². The van der Waals surface area contributed by atoms with E-state index < -0.39 is 0 Å². The van der Waals surface area contributed by atoms with Crippen molar-refractivity contribution in [1.29, 1.82) is 0 Å². The van der Waals surface area contributed by atoms with Gasteiger partial charge in [0.1, 0.15) is 12.2 Å². The Morgan fingerprint density at radius 1 is 1.25 bits per heavy atom. The van der Waals surface area contributed by atoms with Crippen molar-refractivity contribution in [1.82, 2.24) is 39.6 Å². The Balaban J connectivity index is 1.35. The van der Waals surface area contributed by atoms with E-state index in [-0.39, 0.29) is 23.9 Å². The van der Waals surface area contributed by atoms with E-state index in [1.165, 1.54) is 27.2 Å². The molecule has 5 heterocycles. The maximum atomic E-state index is 13.5. The molecule has 11 nitrogen and oxygen atoms in total. The lowest BCUT2D eigenvalue weighted by Crippen LogP contribution is -2.24. The lowest BCUT2D eigenvalue weighted by Gasteiger charge is -2.15. The van der Waals surface area contributed by atoms with Crippen LogP contribution in [0.3, 0.4) is 0 Å². The third-order valence-corrected chi connectivity index (χ3v) is 8.25. The molecular weight excluding hydrogens is 552 g/mol. The van der Waals surface area contributed by atoms with E-state index in [0.29, 0.717) is 45.5 Å². The number of carbonyl (C=O) groups is 2. The molecule has 1 aromatic carbocycles. The van der Waals surface area contributed by atoms with E-state index in [1.54, 1.807) is 43.1 Å². The van der Waals surface area contributed by atoms with E-state index >= 15 is 0 Å². The highest BCUT2D eigenvalue weighted by Crippen LogP contribution is 2.36. The van der Waals surface area contributed by atoms with Crippen LogP contribution in [0.25, 0.3) is 28.1 Å². The van der Waals surface area contributed by atoms with Crippen molar-refractivity contribution in [3.8, 4) is 28.1 Å². The first kappa shape index (κ1) is 25.8. The van der Waals surface area contributed by atoms with Gasteiger partial charge in [-0.3, -0.25) is 14.4 Å². The molecule has 0 bridgehead atoms. The first-order chi connectivity index (χ1) is 19.3. The number of halogens is 1. The topological polar surface area (TPSA) is 132 Å². The summed E-state index contributed by atoms with van der Waals surface area (Å²) in [5.41, 5.74) is 5.02. The molecular formula is C27H23ClN8O3S. The first-order valence-corrected chi connectivity index (χ1v) is 13.7. The number of tetrazole rings is 1. The van der Waals surface area contributed by atoms with Crippen molar-refractivity contribution < 1.29 is 9.59 Å². The standard InChI is InChI=1S/C27H23ClN8O3S/c1-34(2)25(38)10-19-20(13-40-24(19)12-37)21-11-29-27(31-21)23-6-4-17-7-15(8-26(39)36(17)23)18-9-16(28)3-5-22(18)35-14-30-32-33-35/h3,5,7-9,11-14,23H,4,6,10H2,1-2H3,(H,29,31)/t23-/m0/s1. The number of H-pyrrole nitrogens is 1. The lowest BCUT2D eigenvalue weighted by atomic mass is 10.0. The number of hydrogen-bond donors (Lipinski definition) is 1. The van der Waals surface area contributed by atoms with Gasteiger partial charge in [0.15, 0.2) is 6.29 Å². The molecule has 6 rings (SSSR count). The normalized spacial score (nSPS) is 14.3. The third kappa shape index (κ3) is 4.54. The van der Waals surface area contributed by atoms with Gasteiger partial charge < -0.3 is 14.5 Å². The molecule has 40 heavy (non-hydrogen) atoms. The average molecular weight is 575 g/mol. The lowest BCUT2D eigenvalue weighted by molar-refractivity contribution is -0.127. The van der Waals surface area contributed by atoms with Crippen molar-refractivity contribution in [2.24, 2.45) is 0 Å². The zero-order valence-electron chi connectivity index (χ0n) is 21.5. The summed E-state index contributed by atoms with van der Waals surface area (Å²) < 4.78 is 3.29. The quantitative estimate of drug-likeness (QED) is 0.294. The second-order valence-electron chi connectivity index (χ2n) is 9.67. The number of fused-ring (bicyclic) bond motifs is 1. The number of nitrogens with zero attached hydrogens (tertiary/aromatic N) is 7. The van der Waals surface area contributed by atoms with Gasteiger partial charge in [-0.25, -0.2) is 4.98 Å². The van der Waals surface area contributed by atoms with Crippen LogP contribution < -0.4 is 5.56 Å². The molecule has 0 fully saturated rings. The minimum atomic E-state index is -0.278. The predicted octanol–water partition coefficient (Wildman–Crippen LogP) is 3.57. The number of thiophene rings is 1. The van der Waals surface area contributed by atoms with E-state index in [9.17, 15) is 14.4 Å². The van der Waals surface area contributed by atoms with E-state index in [0.717, 1.165) is 28.7 Å². The molecule has 1 atom stereocenters. The third-order valence-electron chi connectivity index (χ3n) is 7.06. The number of imidazole rings is 1. The number of aromatic amines is 1. The number of aromatic nitrogens is 7. The Morgan fingerprint density at radius 3 is 2.85 bits per heavy atom. The summed E-state index contributed by atoms with van der Waals surface area (Å²) in [5, 5.41) is 13.8. The van der Waals surface area contributed by atoms with Crippen LogP contribution >= 0.6 is 22.9 Å². The maximum absolute atomic E-state index is 13.5. The highest BCUT2D eigenvalue weighted by Gasteiger charge is 2.29. The molecule has 202 valence electrons. The minimum Gasteiger partial charge on any atom is -0.349 e. The Bertz CT molecular complexity index is 1800. The summed E-state index contributed by atoms with van der Waals surface area (Å²) >= 11 is 7.60. The van der Waals surface area contributed by atoms with Crippen LogP contribution in [-0.4, -0.2) is 65.9 Å². The number of aldehydes is 1. The maximum Gasteiger partial charge on any atom is 0.252 e. The zero-order valence-corrected chi connectivity index (χ0v) is 23.1. The number of aryl methyl sites for hydroxylation is 1. The largest absolute Gasteiger partial charge is 0.349 e.